The van der Waals surface area contributed by atoms with E-state index in [-0.39, 0.29) is 18.0 Å². The van der Waals surface area contributed by atoms with Crippen LogP contribution in [0, 0.1) is 11.7 Å². The van der Waals surface area contributed by atoms with E-state index in [1.54, 1.807) is 7.11 Å². The summed E-state index contributed by atoms with van der Waals surface area (Å²) in [5.41, 5.74) is 7.01. The minimum atomic E-state index is -0.238. The summed E-state index contributed by atoms with van der Waals surface area (Å²) in [6.45, 7) is 4.59. The van der Waals surface area contributed by atoms with Gasteiger partial charge in [-0.2, -0.15) is 0 Å². The summed E-state index contributed by atoms with van der Waals surface area (Å²) in [5, 5.41) is 0. The molecule has 112 valence electrons. The lowest BCUT2D eigenvalue weighted by Gasteiger charge is -2.40. The smallest absolute Gasteiger partial charge is 0.124 e. The third-order valence-electron chi connectivity index (χ3n) is 4.21. The molecule has 5 heteroatoms. The van der Waals surface area contributed by atoms with Gasteiger partial charge in [-0.15, -0.1) is 0 Å². The Morgan fingerprint density at radius 2 is 2.30 bits per heavy atom. The highest BCUT2D eigenvalue weighted by atomic mass is 79.9. The third-order valence-corrected chi connectivity index (χ3v) is 4.90. The zero-order chi connectivity index (χ0) is 14.7. The number of nitrogens with two attached hydrogens (primary N) is 1. The highest BCUT2D eigenvalue weighted by Crippen LogP contribution is 2.31. The molecule has 0 bridgehead atoms. The first kappa shape index (κ1) is 15.9. The molecule has 0 saturated carbocycles. The number of rotatable bonds is 4. The van der Waals surface area contributed by atoms with Gasteiger partial charge in [0.1, 0.15) is 5.82 Å². The third kappa shape index (κ3) is 3.39. The molecule has 20 heavy (non-hydrogen) atoms. The van der Waals surface area contributed by atoms with Crippen LogP contribution in [0.5, 0.6) is 0 Å². The summed E-state index contributed by atoms with van der Waals surface area (Å²) in [6.07, 6.45) is 1.32. The van der Waals surface area contributed by atoms with E-state index in [2.05, 4.69) is 27.8 Å². The van der Waals surface area contributed by atoms with Crippen LogP contribution in [0.2, 0.25) is 0 Å². The Labute approximate surface area is 128 Å². The monoisotopic (exact) mass is 344 g/mol. The van der Waals surface area contributed by atoms with Gasteiger partial charge in [-0.1, -0.05) is 28.9 Å². The van der Waals surface area contributed by atoms with Crippen LogP contribution in [0.3, 0.4) is 0 Å². The number of benzene rings is 1. The molecule has 0 radical (unpaired) electrons. The van der Waals surface area contributed by atoms with Gasteiger partial charge in [-0.25, -0.2) is 4.39 Å². The molecule has 0 spiro atoms. The maximum absolute atomic E-state index is 13.2. The summed E-state index contributed by atoms with van der Waals surface area (Å²) in [5.74, 6) is 0.324. The number of nitrogens with zero attached hydrogens (tertiary/aromatic N) is 1. The number of piperidine rings is 1. The van der Waals surface area contributed by atoms with Gasteiger partial charge < -0.3 is 10.5 Å². The van der Waals surface area contributed by atoms with Crippen molar-refractivity contribution in [2.24, 2.45) is 11.7 Å². The molecule has 0 amide bonds. The zero-order valence-corrected chi connectivity index (χ0v) is 13.6. The van der Waals surface area contributed by atoms with Crippen molar-refractivity contribution in [3.05, 3.63) is 34.1 Å². The lowest BCUT2D eigenvalue weighted by atomic mass is 9.93. The molecule has 0 aliphatic carbocycles. The van der Waals surface area contributed by atoms with E-state index >= 15 is 0 Å². The van der Waals surface area contributed by atoms with Crippen LogP contribution >= 0.6 is 15.9 Å². The minimum absolute atomic E-state index is 0.0927. The van der Waals surface area contributed by atoms with Crippen LogP contribution in [-0.4, -0.2) is 37.7 Å². The molecule has 3 atom stereocenters. The van der Waals surface area contributed by atoms with Crippen molar-refractivity contribution >= 4 is 15.9 Å². The Bertz CT molecular complexity index is 457. The summed E-state index contributed by atoms with van der Waals surface area (Å²) in [4.78, 5) is 2.34. The average molecular weight is 345 g/mol. The predicted molar refractivity (Wildman–Crippen MR) is 82.0 cm³/mol. The highest BCUT2D eigenvalue weighted by molar-refractivity contribution is 9.10. The van der Waals surface area contributed by atoms with Crippen LogP contribution in [0.1, 0.15) is 24.9 Å². The van der Waals surface area contributed by atoms with Crippen LogP contribution in [0.25, 0.3) is 0 Å². The number of likely N-dealkylation sites (tertiary alicyclic amines) is 1. The fourth-order valence-electron chi connectivity index (χ4n) is 2.89. The molecular weight excluding hydrogens is 323 g/mol. The molecule has 3 nitrogen and oxygen atoms in total. The van der Waals surface area contributed by atoms with Crippen molar-refractivity contribution in [2.45, 2.75) is 25.5 Å². The Morgan fingerprint density at radius 1 is 1.55 bits per heavy atom. The molecule has 1 aliphatic heterocycles. The Balaban J connectivity index is 2.19. The Kier molecular flexibility index (Phi) is 5.55. The van der Waals surface area contributed by atoms with E-state index in [4.69, 9.17) is 10.5 Å². The molecule has 2 N–H and O–H groups in total. The summed E-state index contributed by atoms with van der Waals surface area (Å²) in [6, 6.07) is 4.90. The van der Waals surface area contributed by atoms with Gasteiger partial charge in [0, 0.05) is 30.7 Å². The average Bonchev–Trinajstić information content (AvgIpc) is 2.43. The molecule has 1 aromatic rings. The predicted octanol–water partition coefficient (Wildman–Crippen LogP) is 2.94. The van der Waals surface area contributed by atoms with Gasteiger partial charge in [0.15, 0.2) is 0 Å². The maximum Gasteiger partial charge on any atom is 0.124 e. The van der Waals surface area contributed by atoms with E-state index in [0.717, 1.165) is 29.5 Å². The molecule has 1 saturated heterocycles. The standard InChI is InChI=1S/C15H22BrFN2O/c1-10-5-6-19(9-15(10)20-2)14(8-18)12-4-3-11(17)7-13(12)16/h3-4,7,10,14-15H,5-6,8-9,18H2,1-2H3. The number of hydrogen-bond acceptors (Lipinski definition) is 3. The second-order valence-electron chi connectivity index (χ2n) is 5.45. The molecule has 1 aromatic carbocycles. The quantitative estimate of drug-likeness (QED) is 0.912. The topological polar surface area (TPSA) is 38.5 Å². The van der Waals surface area contributed by atoms with Crippen molar-refractivity contribution in [2.75, 3.05) is 26.7 Å². The summed E-state index contributed by atoms with van der Waals surface area (Å²) in [7, 11) is 1.76. The minimum Gasteiger partial charge on any atom is -0.380 e. The number of hydrogen-bond donors (Lipinski definition) is 1. The van der Waals surface area contributed by atoms with E-state index in [1.807, 2.05) is 6.07 Å². The van der Waals surface area contributed by atoms with Gasteiger partial charge in [-0.05, 0) is 36.6 Å². The molecule has 0 aromatic heterocycles. The van der Waals surface area contributed by atoms with Gasteiger partial charge in [-0.3, -0.25) is 4.90 Å². The second kappa shape index (κ2) is 6.98. The largest absolute Gasteiger partial charge is 0.380 e. The van der Waals surface area contributed by atoms with E-state index in [9.17, 15) is 4.39 Å². The normalized spacial score (nSPS) is 25.6. The Hall–Kier alpha value is -0.490. The molecule has 1 heterocycles. The van der Waals surface area contributed by atoms with Crippen LogP contribution < -0.4 is 5.73 Å². The SMILES string of the molecule is COC1CN(C(CN)c2ccc(F)cc2Br)CCC1C. The van der Waals surface area contributed by atoms with Crippen molar-refractivity contribution in [3.8, 4) is 0 Å². The summed E-state index contributed by atoms with van der Waals surface area (Å²) >= 11 is 3.45. The van der Waals surface area contributed by atoms with E-state index in [0.29, 0.717) is 12.5 Å². The zero-order valence-electron chi connectivity index (χ0n) is 12.0. The Morgan fingerprint density at radius 3 is 2.90 bits per heavy atom. The molecule has 1 fully saturated rings. The van der Waals surface area contributed by atoms with Gasteiger partial charge in [0.05, 0.1) is 6.10 Å². The lowest BCUT2D eigenvalue weighted by Crippen LogP contribution is -2.47. The highest BCUT2D eigenvalue weighted by Gasteiger charge is 2.31. The molecule has 2 rings (SSSR count). The number of halogens is 2. The number of ether oxygens (including phenoxy) is 1. The fraction of sp³-hybridized carbons (Fsp3) is 0.600. The van der Waals surface area contributed by atoms with Gasteiger partial charge in [0.25, 0.3) is 0 Å². The van der Waals surface area contributed by atoms with Crippen molar-refractivity contribution in [3.63, 3.8) is 0 Å². The van der Waals surface area contributed by atoms with Gasteiger partial charge >= 0.3 is 0 Å². The van der Waals surface area contributed by atoms with Crippen molar-refractivity contribution < 1.29 is 9.13 Å². The summed E-state index contributed by atoms with van der Waals surface area (Å²) < 4.78 is 19.6. The fourth-order valence-corrected chi connectivity index (χ4v) is 3.51. The second-order valence-corrected chi connectivity index (χ2v) is 6.31. The first-order chi connectivity index (χ1) is 9.56. The van der Waals surface area contributed by atoms with Gasteiger partial charge in [0.2, 0.25) is 0 Å². The number of methoxy groups -OCH3 is 1. The molecular formula is C15H22BrFN2O. The molecule has 1 aliphatic rings. The first-order valence-electron chi connectivity index (χ1n) is 6.98. The maximum atomic E-state index is 13.2. The van der Waals surface area contributed by atoms with Crippen LogP contribution in [0.4, 0.5) is 4.39 Å². The first-order valence-corrected chi connectivity index (χ1v) is 7.78. The molecule has 3 unspecified atom stereocenters. The van der Waals surface area contributed by atoms with Crippen LogP contribution in [0.15, 0.2) is 22.7 Å². The lowest BCUT2D eigenvalue weighted by molar-refractivity contribution is -0.0184. The van der Waals surface area contributed by atoms with Crippen molar-refractivity contribution in [1.29, 1.82) is 0 Å². The van der Waals surface area contributed by atoms with E-state index in [1.165, 1.54) is 12.1 Å². The van der Waals surface area contributed by atoms with Crippen LogP contribution in [-0.2, 0) is 4.74 Å². The van der Waals surface area contributed by atoms with Crippen molar-refractivity contribution in [1.82, 2.24) is 4.90 Å². The van der Waals surface area contributed by atoms with E-state index < -0.39 is 0 Å².